The van der Waals surface area contributed by atoms with Gasteiger partial charge in [0.1, 0.15) is 0 Å². The Morgan fingerprint density at radius 3 is 2.80 bits per heavy atom. The zero-order valence-corrected chi connectivity index (χ0v) is 14.7. The highest BCUT2D eigenvalue weighted by molar-refractivity contribution is 5.98. The Bertz CT molecular complexity index is 753. The average Bonchev–Trinajstić information content (AvgIpc) is 3.53. The molecule has 5 nitrogen and oxygen atoms in total. The molecule has 1 aromatic carbocycles. The molecule has 25 heavy (non-hydrogen) atoms. The van der Waals surface area contributed by atoms with Gasteiger partial charge in [-0.25, -0.2) is 0 Å². The maximum absolute atomic E-state index is 12.9. The summed E-state index contributed by atoms with van der Waals surface area (Å²) in [7, 11) is 0. The number of hydrogen-bond acceptors (Lipinski definition) is 4. The average molecular weight is 336 g/mol. The largest absolute Gasteiger partial charge is 0.365 e. The monoisotopic (exact) mass is 336 g/mol. The van der Waals surface area contributed by atoms with E-state index >= 15 is 0 Å². The Hall–Kier alpha value is -2.35. The van der Waals surface area contributed by atoms with E-state index in [-0.39, 0.29) is 11.6 Å². The van der Waals surface area contributed by atoms with Crippen LogP contribution in [0, 0.1) is 19.3 Å². The van der Waals surface area contributed by atoms with Gasteiger partial charge < -0.3 is 9.80 Å². The number of rotatable bonds is 6. The number of nitrogens with zero attached hydrogens (tertiary/aromatic N) is 4. The number of benzene rings is 1. The second kappa shape index (κ2) is 6.18. The Balaban J connectivity index is 1.47. The molecule has 0 radical (unpaired) electrons. The number of terminal acetylenes is 1. The molecule has 0 unspecified atom stereocenters. The lowest BCUT2D eigenvalue weighted by molar-refractivity contribution is -0.118. The van der Waals surface area contributed by atoms with Crippen molar-refractivity contribution in [2.75, 3.05) is 22.9 Å². The number of carbonyl (C=O) groups excluding carboxylic acids is 1. The van der Waals surface area contributed by atoms with Gasteiger partial charge in [0.2, 0.25) is 5.91 Å². The van der Waals surface area contributed by atoms with Gasteiger partial charge in [-0.3, -0.25) is 4.79 Å². The molecular formula is C20H24N4O. The first-order chi connectivity index (χ1) is 12.1. The maximum Gasteiger partial charge on any atom is 0.227 e. The van der Waals surface area contributed by atoms with Crippen LogP contribution in [0.5, 0.6) is 0 Å². The molecule has 5 heteroatoms. The fourth-order valence-electron chi connectivity index (χ4n) is 3.80. The lowest BCUT2D eigenvalue weighted by Gasteiger charge is -2.39. The van der Waals surface area contributed by atoms with E-state index in [2.05, 4.69) is 40.1 Å². The van der Waals surface area contributed by atoms with E-state index < -0.39 is 0 Å². The molecule has 1 amide bonds. The fraction of sp³-hybridized carbons (Fsp3) is 0.550. The molecule has 1 aliphatic carbocycles. The highest BCUT2D eigenvalue weighted by atomic mass is 16.2. The van der Waals surface area contributed by atoms with Gasteiger partial charge in [0.05, 0.1) is 11.4 Å². The quantitative estimate of drug-likeness (QED) is 0.744. The lowest BCUT2D eigenvalue weighted by atomic mass is 10.0. The van der Waals surface area contributed by atoms with Crippen molar-refractivity contribution in [3.05, 3.63) is 23.8 Å². The summed E-state index contributed by atoms with van der Waals surface area (Å²) >= 11 is 0. The summed E-state index contributed by atoms with van der Waals surface area (Å²) in [6.07, 6.45) is 10.4. The Morgan fingerprint density at radius 1 is 1.32 bits per heavy atom. The third-order valence-electron chi connectivity index (χ3n) is 5.44. The highest BCUT2D eigenvalue weighted by Crippen LogP contribution is 2.43. The van der Waals surface area contributed by atoms with Crippen molar-refractivity contribution in [3.63, 3.8) is 0 Å². The highest BCUT2D eigenvalue weighted by Gasteiger charge is 2.41. The normalized spacial score (nSPS) is 20.2. The zero-order valence-electron chi connectivity index (χ0n) is 14.7. The molecule has 3 aliphatic rings. The van der Waals surface area contributed by atoms with Gasteiger partial charge in [-0.1, -0.05) is 12.1 Å². The Kier molecular flexibility index (Phi) is 3.99. The smallest absolute Gasteiger partial charge is 0.227 e. The van der Waals surface area contributed by atoms with Gasteiger partial charge in [-0.15, -0.1) is 12.3 Å². The van der Waals surface area contributed by atoms with E-state index in [0.717, 1.165) is 25.2 Å². The minimum absolute atomic E-state index is 0.166. The summed E-state index contributed by atoms with van der Waals surface area (Å²) in [6, 6.07) is 6.92. The number of hydrogen-bond donors (Lipinski definition) is 0. The van der Waals surface area contributed by atoms with Crippen molar-refractivity contribution in [1.29, 1.82) is 0 Å². The summed E-state index contributed by atoms with van der Waals surface area (Å²) in [5.41, 5.74) is 3.17. The third kappa shape index (κ3) is 3.13. The van der Waals surface area contributed by atoms with Crippen LogP contribution < -0.4 is 9.80 Å². The second-order valence-electron chi connectivity index (χ2n) is 7.30. The minimum atomic E-state index is -0.382. The first-order valence-corrected chi connectivity index (χ1v) is 9.18. The molecule has 0 spiro atoms. The topological polar surface area (TPSA) is 48.3 Å². The van der Waals surface area contributed by atoms with Crippen LogP contribution in [0.25, 0.3) is 0 Å². The van der Waals surface area contributed by atoms with Crippen LogP contribution in [0.4, 0.5) is 11.4 Å². The van der Waals surface area contributed by atoms with Gasteiger partial charge in [0.25, 0.3) is 0 Å². The summed E-state index contributed by atoms with van der Waals surface area (Å²) < 4.78 is 0. The fourth-order valence-corrected chi connectivity index (χ4v) is 3.80. The number of fused-ring (bicyclic) bond motifs is 1. The standard InChI is InChI=1S/C20H24N4O/c1-3-4-11-20(21-22-20)12-10-18(25)24-14-13-23(16-8-9-16)19-15(2)6-5-7-17(19)24/h1,5-7,16H,4,8-14H2,2H3. The number of carbonyl (C=O) groups is 1. The van der Waals surface area contributed by atoms with Gasteiger partial charge in [-0.05, 0) is 31.4 Å². The van der Waals surface area contributed by atoms with Gasteiger partial charge in [-0.2, -0.15) is 10.2 Å². The molecule has 0 atom stereocenters. The van der Waals surface area contributed by atoms with Crippen LogP contribution in [0.1, 0.15) is 44.1 Å². The van der Waals surface area contributed by atoms with Crippen molar-refractivity contribution in [1.82, 2.24) is 0 Å². The number of para-hydroxylation sites is 1. The van der Waals surface area contributed by atoms with Crippen molar-refractivity contribution < 1.29 is 4.79 Å². The molecule has 2 aliphatic heterocycles. The van der Waals surface area contributed by atoms with E-state index in [0.29, 0.717) is 25.3 Å². The zero-order chi connectivity index (χ0) is 17.4. The lowest BCUT2D eigenvalue weighted by Crippen LogP contribution is -2.45. The Labute approximate surface area is 149 Å². The third-order valence-corrected chi connectivity index (χ3v) is 5.44. The molecule has 0 aromatic heterocycles. The molecule has 1 saturated carbocycles. The van der Waals surface area contributed by atoms with Crippen molar-refractivity contribution in [2.45, 2.75) is 57.2 Å². The first-order valence-electron chi connectivity index (χ1n) is 9.18. The van der Waals surface area contributed by atoms with E-state index in [1.54, 1.807) is 0 Å². The summed E-state index contributed by atoms with van der Waals surface area (Å²) in [5, 5.41) is 8.28. The van der Waals surface area contributed by atoms with Crippen LogP contribution in [0.2, 0.25) is 0 Å². The predicted molar refractivity (Wildman–Crippen MR) is 98.8 cm³/mol. The minimum Gasteiger partial charge on any atom is -0.365 e. The van der Waals surface area contributed by atoms with E-state index in [1.807, 2.05) is 11.0 Å². The van der Waals surface area contributed by atoms with Crippen molar-refractivity contribution in [2.24, 2.45) is 10.2 Å². The Morgan fingerprint density at radius 2 is 2.12 bits per heavy atom. The first kappa shape index (κ1) is 16.1. The molecule has 1 fully saturated rings. The van der Waals surface area contributed by atoms with Crippen LogP contribution in [0.3, 0.4) is 0 Å². The molecule has 1 aromatic rings. The molecule has 0 bridgehead atoms. The summed E-state index contributed by atoms with van der Waals surface area (Å²) in [5.74, 6) is 2.80. The number of anilines is 2. The molecule has 4 rings (SSSR count). The van der Waals surface area contributed by atoms with Crippen molar-refractivity contribution >= 4 is 17.3 Å². The van der Waals surface area contributed by atoms with E-state index in [1.165, 1.54) is 24.1 Å². The predicted octanol–water partition coefficient (Wildman–Crippen LogP) is 3.67. The van der Waals surface area contributed by atoms with Gasteiger partial charge in [0, 0.05) is 44.8 Å². The summed E-state index contributed by atoms with van der Waals surface area (Å²) in [4.78, 5) is 17.3. The molecule has 2 heterocycles. The van der Waals surface area contributed by atoms with Crippen LogP contribution in [0.15, 0.2) is 28.4 Å². The van der Waals surface area contributed by atoms with Gasteiger partial charge in [0.15, 0.2) is 5.66 Å². The molecule has 0 N–H and O–H groups in total. The van der Waals surface area contributed by atoms with Crippen LogP contribution in [-0.2, 0) is 4.79 Å². The molecular weight excluding hydrogens is 312 g/mol. The summed E-state index contributed by atoms with van der Waals surface area (Å²) in [6.45, 7) is 3.82. The molecule has 0 saturated heterocycles. The van der Waals surface area contributed by atoms with Crippen LogP contribution in [-0.4, -0.2) is 30.7 Å². The maximum atomic E-state index is 12.9. The number of amides is 1. The molecule has 130 valence electrons. The van der Waals surface area contributed by atoms with Crippen molar-refractivity contribution in [3.8, 4) is 12.3 Å². The van der Waals surface area contributed by atoms with E-state index in [9.17, 15) is 4.79 Å². The van der Waals surface area contributed by atoms with E-state index in [4.69, 9.17) is 6.42 Å². The SMILES string of the molecule is C#CCCC1(CCC(=O)N2CCN(C3CC3)c3c(C)cccc32)N=N1. The van der Waals surface area contributed by atoms with Crippen LogP contribution >= 0.6 is 0 Å². The van der Waals surface area contributed by atoms with Gasteiger partial charge >= 0.3 is 0 Å². The number of aryl methyl sites for hydroxylation is 1. The second-order valence-corrected chi connectivity index (χ2v) is 7.30.